The molecule has 158 valence electrons. The van der Waals surface area contributed by atoms with Crippen LogP contribution in [0, 0.1) is 0 Å². The third-order valence-electron chi connectivity index (χ3n) is 4.86. The molecule has 0 spiro atoms. The van der Waals surface area contributed by atoms with E-state index in [1.54, 1.807) is 18.2 Å². The minimum atomic E-state index is -0.477. The second kappa shape index (κ2) is 10.9. The van der Waals surface area contributed by atoms with Gasteiger partial charge in [0.2, 0.25) is 5.75 Å². The van der Waals surface area contributed by atoms with E-state index in [1.165, 1.54) is 40.6 Å². The molecule has 0 N–H and O–H groups in total. The van der Waals surface area contributed by atoms with Crippen LogP contribution in [0.5, 0.6) is 23.0 Å². The second-order valence-corrected chi connectivity index (χ2v) is 6.79. The molecule has 0 radical (unpaired) electrons. The molecule has 0 atom stereocenters. The highest BCUT2D eigenvalue weighted by molar-refractivity contribution is 5.92. The van der Waals surface area contributed by atoms with E-state index in [2.05, 4.69) is 11.0 Å². The lowest BCUT2D eigenvalue weighted by Crippen LogP contribution is -2.29. The number of halogens is 1. The zero-order chi connectivity index (χ0) is 19.9. The fourth-order valence-corrected chi connectivity index (χ4v) is 3.45. The van der Waals surface area contributed by atoms with Crippen molar-refractivity contribution < 1.29 is 23.7 Å². The summed E-state index contributed by atoms with van der Waals surface area (Å²) in [7, 11) is 4.54. The molecule has 1 aliphatic rings. The highest BCUT2D eigenvalue weighted by Crippen LogP contribution is 2.38. The quantitative estimate of drug-likeness (QED) is 0.489. The number of piperidine rings is 1. The van der Waals surface area contributed by atoms with E-state index in [1.807, 2.05) is 12.1 Å². The average Bonchev–Trinajstić information content (AvgIpc) is 2.73. The second-order valence-electron chi connectivity index (χ2n) is 6.79. The Balaban J connectivity index is 0.00000300. The molecule has 0 unspecified atom stereocenters. The van der Waals surface area contributed by atoms with Crippen LogP contribution >= 0.6 is 12.4 Å². The van der Waals surface area contributed by atoms with Crippen LogP contribution in [0.15, 0.2) is 36.4 Å². The first kappa shape index (κ1) is 22.8. The average molecular weight is 422 g/mol. The molecule has 0 bridgehead atoms. The number of nitrogens with zero attached hydrogens (tertiary/aromatic N) is 1. The fourth-order valence-electron chi connectivity index (χ4n) is 3.45. The van der Waals surface area contributed by atoms with E-state index in [-0.39, 0.29) is 12.4 Å². The number of carbonyl (C=O) groups excluding carboxylic acids is 1. The normalized spacial score (nSPS) is 13.9. The molecular formula is C22H28ClNO5. The van der Waals surface area contributed by atoms with Crippen molar-refractivity contribution in [3.63, 3.8) is 0 Å². The van der Waals surface area contributed by atoms with Gasteiger partial charge >= 0.3 is 5.97 Å². The summed E-state index contributed by atoms with van der Waals surface area (Å²) in [6.45, 7) is 3.11. The Labute approximate surface area is 178 Å². The number of ether oxygens (including phenoxy) is 4. The van der Waals surface area contributed by atoms with Gasteiger partial charge in [-0.05, 0) is 55.8 Å². The number of likely N-dealkylation sites (tertiary alicyclic amines) is 1. The number of hydrogen-bond donors (Lipinski definition) is 0. The van der Waals surface area contributed by atoms with Crippen molar-refractivity contribution in [1.82, 2.24) is 4.90 Å². The van der Waals surface area contributed by atoms with Crippen molar-refractivity contribution in [2.24, 2.45) is 0 Å². The maximum Gasteiger partial charge on any atom is 0.343 e. The molecule has 0 amide bonds. The van der Waals surface area contributed by atoms with Gasteiger partial charge in [0.25, 0.3) is 0 Å². The van der Waals surface area contributed by atoms with Crippen molar-refractivity contribution in [2.75, 3.05) is 34.4 Å². The van der Waals surface area contributed by atoms with Gasteiger partial charge in [-0.25, -0.2) is 4.79 Å². The largest absolute Gasteiger partial charge is 0.493 e. The van der Waals surface area contributed by atoms with E-state index in [0.717, 1.165) is 25.2 Å². The molecule has 1 fully saturated rings. The lowest BCUT2D eigenvalue weighted by Gasteiger charge is -2.26. The van der Waals surface area contributed by atoms with Crippen LogP contribution in [0.2, 0.25) is 0 Å². The first-order valence-electron chi connectivity index (χ1n) is 9.48. The van der Waals surface area contributed by atoms with Gasteiger partial charge in [-0.3, -0.25) is 4.90 Å². The van der Waals surface area contributed by atoms with Gasteiger partial charge in [0.1, 0.15) is 5.75 Å². The van der Waals surface area contributed by atoms with Gasteiger partial charge < -0.3 is 18.9 Å². The number of carbonyl (C=O) groups is 1. The Morgan fingerprint density at radius 3 is 2.17 bits per heavy atom. The Hall–Kier alpha value is -2.44. The molecular weight excluding hydrogens is 394 g/mol. The zero-order valence-corrected chi connectivity index (χ0v) is 17.9. The van der Waals surface area contributed by atoms with Crippen molar-refractivity contribution >= 4 is 18.4 Å². The van der Waals surface area contributed by atoms with Crippen LogP contribution in [0.1, 0.15) is 35.2 Å². The summed E-state index contributed by atoms with van der Waals surface area (Å²) < 4.78 is 21.5. The molecule has 1 aliphatic heterocycles. The molecule has 1 saturated heterocycles. The molecule has 6 nitrogen and oxygen atoms in total. The Morgan fingerprint density at radius 1 is 0.931 bits per heavy atom. The summed E-state index contributed by atoms with van der Waals surface area (Å²) >= 11 is 0. The molecule has 0 aliphatic carbocycles. The van der Waals surface area contributed by atoms with Crippen LogP contribution in [0.4, 0.5) is 0 Å². The van der Waals surface area contributed by atoms with Gasteiger partial charge in [-0.15, -0.1) is 12.4 Å². The number of esters is 1. The molecule has 2 aromatic carbocycles. The summed E-state index contributed by atoms with van der Waals surface area (Å²) in [5.41, 5.74) is 1.47. The molecule has 2 aromatic rings. The Bertz CT molecular complexity index is 796. The smallest absolute Gasteiger partial charge is 0.343 e. The van der Waals surface area contributed by atoms with Crippen LogP contribution in [0.25, 0.3) is 0 Å². The van der Waals surface area contributed by atoms with Gasteiger partial charge in [-0.1, -0.05) is 18.6 Å². The summed E-state index contributed by atoms with van der Waals surface area (Å²) in [4.78, 5) is 15.1. The maximum atomic E-state index is 12.7. The highest BCUT2D eigenvalue weighted by Gasteiger charge is 2.18. The minimum absolute atomic E-state index is 0. The fraction of sp³-hybridized carbons (Fsp3) is 0.409. The molecule has 1 heterocycles. The maximum absolute atomic E-state index is 12.7. The number of benzene rings is 2. The molecule has 7 heteroatoms. The highest BCUT2D eigenvalue weighted by atomic mass is 35.5. The third-order valence-corrected chi connectivity index (χ3v) is 4.86. The van der Waals surface area contributed by atoms with Crippen molar-refractivity contribution in [3.8, 4) is 23.0 Å². The van der Waals surface area contributed by atoms with Crippen LogP contribution in [-0.2, 0) is 6.54 Å². The molecule has 29 heavy (non-hydrogen) atoms. The molecule has 0 saturated carbocycles. The molecule has 3 rings (SSSR count). The third kappa shape index (κ3) is 5.78. The lowest BCUT2D eigenvalue weighted by molar-refractivity contribution is 0.0733. The zero-order valence-electron chi connectivity index (χ0n) is 17.1. The predicted octanol–water partition coefficient (Wildman–Crippen LogP) is 4.34. The van der Waals surface area contributed by atoms with Crippen molar-refractivity contribution in [3.05, 3.63) is 47.5 Å². The van der Waals surface area contributed by atoms with Crippen molar-refractivity contribution in [2.45, 2.75) is 25.8 Å². The monoisotopic (exact) mass is 421 g/mol. The number of hydrogen-bond acceptors (Lipinski definition) is 6. The summed E-state index contributed by atoms with van der Waals surface area (Å²) in [6.07, 6.45) is 3.80. The van der Waals surface area contributed by atoms with E-state index >= 15 is 0 Å². The topological polar surface area (TPSA) is 57.2 Å². The van der Waals surface area contributed by atoms with Crippen LogP contribution in [-0.4, -0.2) is 45.3 Å². The Kier molecular flexibility index (Phi) is 8.61. The van der Waals surface area contributed by atoms with Gasteiger partial charge in [0.05, 0.1) is 26.9 Å². The van der Waals surface area contributed by atoms with Gasteiger partial charge in [0.15, 0.2) is 11.5 Å². The Morgan fingerprint density at radius 2 is 1.59 bits per heavy atom. The number of methoxy groups -OCH3 is 3. The van der Waals surface area contributed by atoms with E-state index in [4.69, 9.17) is 18.9 Å². The first-order valence-corrected chi connectivity index (χ1v) is 9.48. The first-order chi connectivity index (χ1) is 13.6. The summed E-state index contributed by atoms with van der Waals surface area (Å²) in [5.74, 6) is 1.30. The standard InChI is InChI=1S/C22H27NO5.ClH/c1-25-19-13-17(14-20(26-2)21(19)27-3)22(24)28-18-9-7-8-16(12-18)15-23-10-5-4-6-11-23;/h7-9,12-14H,4-6,10-11,15H2,1-3H3;1H. The predicted molar refractivity (Wildman–Crippen MR) is 114 cm³/mol. The van der Waals surface area contributed by atoms with Crippen LogP contribution in [0.3, 0.4) is 0 Å². The SMILES string of the molecule is COc1cc(C(=O)Oc2cccc(CN3CCCCC3)c2)cc(OC)c1OC.Cl. The summed E-state index contributed by atoms with van der Waals surface area (Å²) in [6, 6.07) is 10.9. The van der Waals surface area contributed by atoms with E-state index in [9.17, 15) is 4.79 Å². The lowest BCUT2D eigenvalue weighted by atomic mass is 10.1. The summed E-state index contributed by atoms with van der Waals surface area (Å²) in [5, 5.41) is 0. The minimum Gasteiger partial charge on any atom is -0.493 e. The van der Waals surface area contributed by atoms with Crippen LogP contribution < -0.4 is 18.9 Å². The van der Waals surface area contributed by atoms with Crippen molar-refractivity contribution in [1.29, 1.82) is 0 Å². The van der Waals surface area contributed by atoms with Gasteiger partial charge in [-0.2, -0.15) is 0 Å². The van der Waals surface area contributed by atoms with E-state index < -0.39 is 5.97 Å². The number of rotatable bonds is 7. The van der Waals surface area contributed by atoms with E-state index in [0.29, 0.717) is 28.6 Å². The molecule has 0 aromatic heterocycles. The van der Waals surface area contributed by atoms with Gasteiger partial charge in [0, 0.05) is 6.54 Å².